The Morgan fingerprint density at radius 3 is 2.42 bits per heavy atom. The summed E-state index contributed by atoms with van der Waals surface area (Å²) in [6.45, 7) is 7.22. The Morgan fingerprint density at radius 1 is 1.29 bits per heavy atom. The van der Waals surface area contributed by atoms with Crippen LogP contribution < -0.4 is 0 Å². The molecule has 1 atom stereocenters. The second-order valence-corrected chi connectivity index (χ2v) is 6.46. The Bertz CT molecular complexity index is 658. The highest BCUT2D eigenvalue weighted by Gasteiger charge is 2.34. The maximum Gasteiger partial charge on any atom is 0.355 e. The molecule has 0 aromatic carbocycles. The maximum absolute atomic E-state index is 12.9. The molecule has 1 amide bonds. The van der Waals surface area contributed by atoms with Gasteiger partial charge < -0.3 is 14.6 Å². The average Bonchev–Trinajstić information content (AvgIpc) is 2.78. The van der Waals surface area contributed by atoms with Gasteiger partial charge in [0, 0.05) is 24.2 Å². The Hall–Kier alpha value is -2.11. The second-order valence-electron chi connectivity index (χ2n) is 6.46. The highest BCUT2D eigenvalue weighted by Crippen LogP contribution is 2.29. The van der Waals surface area contributed by atoms with Crippen molar-refractivity contribution in [2.75, 3.05) is 13.7 Å². The molecule has 0 saturated heterocycles. The van der Waals surface area contributed by atoms with Crippen molar-refractivity contribution in [3.63, 3.8) is 0 Å². The lowest BCUT2D eigenvalue weighted by Gasteiger charge is -2.32. The number of rotatable bonds is 6. The van der Waals surface area contributed by atoms with Gasteiger partial charge >= 0.3 is 5.97 Å². The standard InChI is InChI=1S/C18H26N2O4/c1-6-24-18(23)15-10(2)14(11(3)19-15)16(21)12(4)20(5)17(22)13-8-7-9-13/h12-13,19H,6-9H2,1-5H3/t12-/m1/s1. The highest BCUT2D eigenvalue weighted by molar-refractivity contribution is 6.06. The number of esters is 1. The fraction of sp³-hybridized carbons (Fsp3) is 0.611. The quantitative estimate of drug-likeness (QED) is 0.641. The van der Waals surface area contributed by atoms with Crippen LogP contribution in [0.25, 0.3) is 0 Å². The third-order valence-electron chi connectivity index (χ3n) is 4.93. The van der Waals surface area contributed by atoms with Crippen LogP contribution >= 0.6 is 0 Å². The van der Waals surface area contributed by atoms with Gasteiger partial charge in [0.15, 0.2) is 5.78 Å². The predicted octanol–water partition coefficient (Wildman–Crippen LogP) is 2.64. The van der Waals surface area contributed by atoms with Crippen molar-refractivity contribution in [1.82, 2.24) is 9.88 Å². The van der Waals surface area contributed by atoms with Crippen molar-refractivity contribution in [3.8, 4) is 0 Å². The number of nitrogens with one attached hydrogen (secondary N) is 1. The summed E-state index contributed by atoms with van der Waals surface area (Å²) < 4.78 is 5.01. The van der Waals surface area contributed by atoms with Gasteiger partial charge in [0.1, 0.15) is 5.69 Å². The zero-order valence-corrected chi connectivity index (χ0v) is 15.1. The lowest BCUT2D eigenvalue weighted by Crippen LogP contribution is -2.45. The van der Waals surface area contributed by atoms with Crippen LogP contribution in [-0.2, 0) is 9.53 Å². The van der Waals surface area contributed by atoms with Crippen LogP contribution in [0, 0.1) is 19.8 Å². The number of Topliss-reactive ketones (excluding diaryl/α,β-unsaturated/α-hetero) is 1. The van der Waals surface area contributed by atoms with Gasteiger partial charge in [0.05, 0.1) is 12.6 Å². The summed E-state index contributed by atoms with van der Waals surface area (Å²) in [5, 5.41) is 0. The monoisotopic (exact) mass is 334 g/mol. The van der Waals surface area contributed by atoms with Crippen LogP contribution in [0.5, 0.6) is 0 Å². The number of carbonyl (C=O) groups is 3. The number of H-pyrrole nitrogens is 1. The van der Waals surface area contributed by atoms with Crippen LogP contribution in [0.4, 0.5) is 0 Å². The van der Waals surface area contributed by atoms with E-state index in [0.29, 0.717) is 22.5 Å². The van der Waals surface area contributed by atoms with Crippen molar-refractivity contribution in [2.24, 2.45) is 5.92 Å². The molecule has 1 aliphatic rings. The lowest BCUT2D eigenvalue weighted by atomic mass is 9.84. The molecular formula is C18H26N2O4. The number of ether oxygens (including phenoxy) is 1. The Balaban J connectivity index is 2.22. The first-order valence-corrected chi connectivity index (χ1v) is 8.46. The van der Waals surface area contributed by atoms with Gasteiger partial charge in [-0.3, -0.25) is 9.59 Å². The first-order chi connectivity index (χ1) is 11.3. The fourth-order valence-electron chi connectivity index (χ4n) is 3.05. The second kappa shape index (κ2) is 7.20. The summed E-state index contributed by atoms with van der Waals surface area (Å²) in [6.07, 6.45) is 2.88. The molecule has 24 heavy (non-hydrogen) atoms. The summed E-state index contributed by atoms with van der Waals surface area (Å²) >= 11 is 0. The van der Waals surface area contributed by atoms with E-state index >= 15 is 0 Å². The Morgan fingerprint density at radius 2 is 1.92 bits per heavy atom. The van der Waals surface area contributed by atoms with Crippen LogP contribution in [-0.4, -0.2) is 47.2 Å². The molecule has 1 saturated carbocycles. The van der Waals surface area contributed by atoms with Gasteiger partial charge in [0.25, 0.3) is 0 Å². The van der Waals surface area contributed by atoms with Crippen molar-refractivity contribution >= 4 is 17.7 Å². The van der Waals surface area contributed by atoms with Gasteiger partial charge in [-0.2, -0.15) is 0 Å². The third-order valence-corrected chi connectivity index (χ3v) is 4.93. The minimum absolute atomic E-state index is 0.0264. The van der Waals surface area contributed by atoms with Gasteiger partial charge in [-0.25, -0.2) is 4.79 Å². The molecule has 1 N–H and O–H groups in total. The van der Waals surface area contributed by atoms with E-state index in [4.69, 9.17) is 4.74 Å². The molecular weight excluding hydrogens is 308 g/mol. The van der Waals surface area contributed by atoms with Crippen molar-refractivity contribution in [2.45, 2.75) is 53.0 Å². The number of aromatic amines is 1. The molecule has 0 radical (unpaired) electrons. The van der Waals surface area contributed by atoms with E-state index in [1.807, 2.05) is 0 Å². The molecule has 6 nitrogen and oxygen atoms in total. The van der Waals surface area contributed by atoms with E-state index in [1.54, 1.807) is 34.7 Å². The number of hydrogen-bond donors (Lipinski definition) is 1. The number of aryl methyl sites for hydroxylation is 1. The largest absolute Gasteiger partial charge is 0.461 e. The topological polar surface area (TPSA) is 79.5 Å². The minimum atomic E-state index is -0.568. The van der Waals surface area contributed by atoms with Gasteiger partial charge in [-0.05, 0) is 46.1 Å². The third kappa shape index (κ3) is 3.23. The molecule has 1 heterocycles. The van der Waals surface area contributed by atoms with Crippen molar-refractivity contribution < 1.29 is 19.1 Å². The number of ketones is 1. The van der Waals surface area contributed by atoms with E-state index in [-0.39, 0.29) is 24.2 Å². The number of likely N-dealkylation sites (N-methyl/N-ethyl adjacent to an activating group) is 1. The minimum Gasteiger partial charge on any atom is -0.461 e. The molecule has 1 aliphatic carbocycles. The summed E-state index contributed by atoms with van der Waals surface area (Å²) in [4.78, 5) is 41.7. The van der Waals surface area contributed by atoms with Gasteiger partial charge in [-0.1, -0.05) is 6.42 Å². The Kier molecular flexibility index (Phi) is 5.47. The predicted molar refractivity (Wildman–Crippen MR) is 90.1 cm³/mol. The van der Waals surface area contributed by atoms with Crippen LogP contribution in [0.1, 0.15) is 65.2 Å². The van der Waals surface area contributed by atoms with E-state index in [9.17, 15) is 14.4 Å². The maximum atomic E-state index is 12.9. The summed E-state index contributed by atoms with van der Waals surface area (Å²) in [6, 6.07) is -0.568. The van der Waals surface area contributed by atoms with Crippen LogP contribution in [0.3, 0.4) is 0 Å². The number of hydrogen-bond acceptors (Lipinski definition) is 4. The number of carbonyl (C=O) groups excluding carboxylic acids is 3. The van der Waals surface area contributed by atoms with E-state index in [0.717, 1.165) is 19.3 Å². The van der Waals surface area contributed by atoms with Gasteiger partial charge in [-0.15, -0.1) is 0 Å². The molecule has 2 rings (SSSR count). The zero-order chi connectivity index (χ0) is 18.0. The lowest BCUT2D eigenvalue weighted by molar-refractivity contribution is -0.137. The van der Waals surface area contributed by atoms with Crippen LogP contribution in [0.2, 0.25) is 0 Å². The summed E-state index contributed by atoms with van der Waals surface area (Å²) in [5.74, 6) is -0.553. The summed E-state index contributed by atoms with van der Waals surface area (Å²) in [5.41, 5.74) is 1.97. The molecule has 1 aromatic heterocycles. The van der Waals surface area contributed by atoms with Crippen LogP contribution in [0.15, 0.2) is 0 Å². The smallest absolute Gasteiger partial charge is 0.355 e. The van der Waals surface area contributed by atoms with E-state index in [2.05, 4.69) is 4.98 Å². The first-order valence-electron chi connectivity index (χ1n) is 8.46. The zero-order valence-electron chi connectivity index (χ0n) is 15.1. The first kappa shape index (κ1) is 18.2. The molecule has 1 aromatic rings. The number of amides is 1. The number of nitrogens with zero attached hydrogens (tertiary/aromatic N) is 1. The normalized spacial score (nSPS) is 15.5. The SMILES string of the molecule is CCOC(=O)c1[nH]c(C)c(C(=O)[C@@H](C)N(C)C(=O)C2CCC2)c1C. The fourth-order valence-corrected chi connectivity index (χ4v) is 3.05. The van der Waals surface area contributed by atoms with Crippen molar-refractivity contribution in [1.29, 1.82) is 0 Å². The molecule has 6 heteroatoms. The molecule has 0 aliphatic heterocycles. The molecule has 132 valence electrons. The Labute approximate surface area is 142 Å². The summed E-state index contributed by atoms with van der Waals surface area (Å²) in [7, 11) is 1.67. The molecule has 0 spiro atoms. The van der Waals surface area contributed by atoms with Gasteiger partial charge in [0.2, 0.25) is 5.91 Å². The number of aromatic nitrogens is 1. The van der Waals surface area contributed by atoms with E-state index < -0.39 is 12.0 Å². The van der Waals surface area contributed by atoms with Crippen molar-refractivity contribution in [3.05, 3.63) is 22.5 Å². The highest BCUT2D eigenvalue weighted by atomic mass is 16.5. The molecule has 1 fully saturated rings. The molecule has 0 unspecified atom stereocenters. The average molecular weight is 334 g/mol. The molecule has 0 bridgehead atoms. The van der Waals surface area contributed by atoms with E-state index in [1.165, 1.54) is 4.90 Å².